The molecule has 0 radical (unpaired) electrons. The van der Waals surface area contributed by atoms with Gasteiger partial charge in [-0.3, -0.25) is 0 Å². The van der Waals surface area contributed by atoms with E-state index in [1.807, 2.05) is 0 Å². The Labute approximate surface area is 378 Å². The van der Waals surface area contributed by atoms with Crippen LogP contribution >= 0.6 is 0 Å². The highest BCUT2D eigenvalue weighted by Crippen LogP contribution is 2.61. The molecule has 4 saturated carbocycles. The van der Waals surface area contributed by atoms with Crippen molar-refractivity contribution in [1.29, 1.82) is 0 Å². The lowest BCUT2D eigenvalue weighted by molar-refractivity contribution is -0.00518. The summed E-state index contributed by atoms with van der Waals surface area (Å²) in [6.07, 6.45) is 8.59. The molecule has 0 aromatic heterocycles. The standard InChI is InChI=1S/C63H53N/c1-62(2)58-20-9-7-18-55(58)56-30-29-51(37-59(56)62)64(60-21-10-8-17-53(60)49-23-22-44-12-3-4-14-47(44)35-49)61-31-26-48(36-57(61)54-19-11-15-46-13-5-6-16-52(46)54)45-24-27-50(28-25-45)63-38-41-32-42(39-63)34-43(33-41)40-63/h3-31,35-37,41-43H,32-34,38-40H2,1-2H3. The van der Waals surface area contributed by atoms with E-state index in [1.165, 1.54) is 116 Å². The summed E-state index contributed by atoms with van der Waals surface area (Å²) in [6.45, 7) is 4.78. The van der Waals surface area contributed by atoms with E-state index in [0.717, 1.165) is 34.8 Å². The SMILES string of the molecule is CC1(C)c2ccccc2-c2ccc(N(c3ccccc3-c3ccc4ccccc4c3)c3ccc(-c4ccc(C56CC7CC(CC(C7)C5)C6)cc4)cc3-c3cccc4ccccc34)cc21. The fourth-order valence-electron chi connectivity index (χ4n) is 13.6. The van der Waals surface area contributed by atoms with Gasteiger partial charge in [0.15, 0.2) is 0 Å². The average molecular weight is 824 g/mol. The summed E-state index contributed by atoms with van der Waals surface area (Å²) >= 11 is 0. The second-order valence-electron chi connectivity index (χ2n) is 20.3. The molecule has 5 aliphatic rings. The van der Waals surface area contributed by atoms with Crippen molar-refractivity contribution in [2.45, 2.75) is 63.2 Å². The summed E-state index contributed by atoms with van der Waals surface area (Å²) < 4.78 is 0. The summed E-state index contributed by atoms with van der Waals surface area (Å²) in [7, 11) is 0. The van der Waals surface area contributed by atoms with Gasteiger partial charge in [0.05, 0.1) is 11.4 Å². The highest BCUT2D eigenvalue weighted by molar-refractivity contribution is 6.04. The van der Waals surface area contributed by atoms with Gasteiger partial charge in [-0.05, 0) is 170 Å². The molecule has 1 heteroatoms. The number of nitrogens with zero attached hydrogens (tertiary/aromatic N) is 1. The van der Waals surface area contributed by atoms with Gasteiger partial charge in [0.25, 0.3) is 0 Å². The second-order valence-corrected chi connectivity index (χ2v) is 20.3. The molecule has 9 aromatic rings. The third-order valence-corrected chi connectivity index (χ3v) is 16.2. The van der Waals surface area contributed by atoms with Crippen LogP contribution in [0, 0.1) is 17.8 Å². The maximum Gasteiger partial charge on any atom is 0.0540 e. The maximum absolute atomic E-state index is 2.56. The molecule has 9 aromatic carbocycles. The van der Waals surface area contributed by atoms with E-state index in [-0.39, 0.29) is 5.41 Å². The van der Waals surface area contributed by atoms with Crippen LogP contribution in [0.5, 0.6) is 0 Å². The first-order valence-electron chi connectivity index (χ1n) is 23.7. The average Bonchev–Trinajstić information content (AvgIpc) is 3.56. The van der Waals surface area contributed by atoms with Gasteiger partial charge in [-0.1, -0.05) is 172 Å². The monoisotopic (exact) mass is 823 g/mol. The highest BCUT2D eigenvalue weighted by Gasteiger charge is 2.51. The Morgan fingerprint density at radius 1 is 0.391 bits per heavy atom. The van der Waals surface area contributed by atoms with E-state index in [9.17, 15) is 0 Å². The van der Waals surface area contributed by atoms with Crippen molar-refractivity contribution in [3.63, 3.8) is 0 Å². The lowest BCUT2D eigenvalue weighted by Crippen LogP contribution is -2.48. The number of hydrogen-bond acceptors (Lipinski definition) is 1. The van der Waals surface area contributed by atoms with E-state index >= 15 is 0 Å². The van der Waals surface area contributed by atoms with Crippen LogP contribution < -0.4 is 4.90 Å². The Hall–Kier alpha value is -6.70. The van der Waals surface area contributed by atoms with Crippen LogP contribution in [-0.4, -0.2) is 0 Å². The third kappa shape index (κ3) is 5.97. The van der Waals surface area contributed by atoms with E-state index in [2.05, 4.69) is 213 Å². The quantitative estimate of drug-likeness (QED) is 0.155. The zero-order valence-electron chi connectivity index (χ0n) is 36.9. The predicted molar refractivity (Wildman–Crippen MR) is 270 cm³/mol. The Morgan fingerprint density at radius 2 is 0.984 bits per heavy atom. The number of benzene rings is 9. The first-order chi connectivity index (χ1) is 31.4. The van der Waals surface area contributed by atoms with Crippen molar-refractivity contribution >= 4 is 38.6 Å². The normalized spacial score (nSPS) is 21.2. The second kappa shape index (κ2) is 14.4. The summed E-state index contributed by atoms with van der Waals surface area (Å²) in [6, 6.07) is 73.7. The van der Waals surface area contributed by atoms with E-state index < -0.39 is 0 Å². The zero-order valence-corrected chi connectivity index (χ0v) is 36.9. The molecule has 0 amide bonds. The van der Waals surface area contributed by atoms with E-state index in [4.69, 9.17) is 0 Å². The number of rotatable bonds is 7. The van der Waals surface area contributed by atoms with E-state index in [0.29, 0.717) is 5.41 Å². The van der Waals surface area contributed by atoms with Crippen molar-refractivity contribution in [1.82, 2.24) is 0 Å². The van der Waals surface area contributed by atoms with Crippen molar-refractivity contribution < 1.29 is 0 Å². The Kier molecular flexibility index (Phi) is 8.52. The number of para-hydroxylation sites is 1. The summed E-state index contributed by atoms with van der Waals surface area (Å²) in [5.74, 6) is 2.80. The van der Waals surface area contributed by atoms with Crippen LogP contribution in [0.15, 0.2) is 194 Å². The molecule has 0 atom stereocenters. The number of hydrogen-bond donors (Lipinski definition) is 0. The first-order valence-corrected chi connectivity index (χ1v) is 23.7. The van der Waals surface area contributed by atoms with Gasteiger partial charge in [-0.2, -0.15) is 0 Å². The molecule has 0 aliphatic heterocycles. The molecule has 4 bridgehead atoms. The van der Waals surface area contributed by atoms with Crippen LogP contribution in [-0.2, 0) is 10.8 Å². The van der Waals surface area contributed by atoms with Crippen molar-refractivity contribution in [3.8, 4) is 44.5 Å². The molecule has 64 heavy (non-hydrogen) atoms. The molecule has 0 spiro atoms. The first kappa shape index (κ1) is 37.8. The van der Waals surface area contributed by atoms with Gasteiger partial charge in [0.1, 0.15) is 0 Å². The van der Waals surface area contributed by atoms with Crippen molar-refractivity contribution in [3.05, 3.63) is 211 Å². The summed E-state index contributed by atoms with van der Waals surface area (Å²) in [5, 5.41) is 5.00. The molecule has 0 N–H and O–H groups in total. The van der Waals surface area contributed by atoms with Gasteiger partial charge >= 0.3 is 0 Å². The van der Waals surface area contributed by atoms with Crippen molar-refractivity contribution in [2.75, 3.05) is 4.90 Å². The van der Waals surface area contributed by atoms with Gasteiger partial charge in [0, 0.05) is 22.2 Å². The minimum atomic E-state index is -0.143. The maximum atomic E-state index is 2.56. The molecule has 0 heterocycles. The molecular weight excluding hydrogens is 771 g/mol. The fourth-order valence-corrected chi connectivity index (χ4v) is 13.6. The van der Waals surface area contributed by atoms with Gasteiger partial charge in [-0.25, -0.2) is 0 Å². The third-order valence-electron chi connectivity index (χ3n) is 16.2. The lowest BCUT2D eigenvalue weighted by atomic mass is 9.48. The topological polar surface area (TPSA) is 3.24 Å². The van der Waals surface area contributed by atoms with Crippen LogP contribution in [0.1, 0.15) is 69.1 Å². The van der Waals surface area contributed by atoms with Crippen LogP contribution in [0.2, 0.25) is 0 Å². The largest absolute Gasteiger partial charge is 0.309 e. The smallest absolute Gasteiger partial charge is 0.0540 e. The molecule has 1 nitrogen and oxygen atoms in total. The Bertz CT molecular complexity index is 3250. The Balaban J connectivity index is 1.02. The minimum Gasteiger partial charge on any atom is -0.309 e. The van der Waals surface area contributed by atoms with Gasteiger partial charge in [-0.15, -0.1) is 0 Å². The van der Waals surface area contributed by atoms with Crippen molar-refractivity contribution in [2.24, 2.45) is 17.8 Å². The molecular formula is C63H53N. The van der Waals surface area contributed by atoms with Gasteiger partial charge < -0.3 is 4.90 Å². The minimum absolute atomic E-state index is 0.143. The van der Waals surface area contributed by atoms with Crippen LogP contribution in [0.3, 0.4) is 0 Å². The molecule has 4 fully saturated rings. The predicted octanol–water partition coefficient (Wildman–Crippen LogP) is 17.2. The lowest BCUT2D eigenvalue weighted by Gasteiger charge is -2.57. The van der Waals surface area contributed by atoms with Crippen LogP contribution in [0.25, 0.3) is 66.1 Å². The highest BCUT2D eigenvalue weighted by atomic mass is 15.1. The van der Waals surface area contributed by atoms with Crippen LogP contribution in [0.4, 0.5) is 17.1 Å². The number of anilines is 3. The summed E-state index contributed by atoms with van der Waals surface area (Å²) in [4.78, 5) is 2.56. The molecule has 5 aliphatic carbocycles. The Morgan fingerprint density at radius 3 is 1.78 bits per heavy atom. The summed E-state index contributed by atoms with van der Waals surface area (Å²) in [5.41, 5.74) is 18.1. The number of fused-ring (bicyclic) bond motifs is 5. The van der Waals surface area contributed by atoms with Gasteiger partial charge in [0.2, 0.25) is 0 Å². The molecule has 0 unspecified atom stereocenters. The molecule has 0 saturated heterocycles. The zero-order chi connectivity index (χ0) is 42.6. The van der Waals surface area contributed by atoms with E-state index in [1.54, 1.807) is 5.56 Å². The molecule has 310 valence electrons. The molecule has 14 rings (SSSR count). The fraction of sp³-hybridized carbons (Fsp3) is 0.206.